The Morgan fingerprint density at radius 3 is 2.60 bits per heavy atom. The van der Waals surface area contributed by atoms with Gasteiger partial charge in [0.2, 0.25) is 11.8 Å². The lowest BCUT2D eigenvalue weighted by Gasteiger charge is -2.34. The molecule has 2 aliphatic rings. The zero-order chi connectivity index (χ0) is 24.4. The van der Waals surface area contributed by atoms with Gasteiger partial charge in [0.15, 0.2) is 11.6 Å². The summed E-state index contributed by atoms with van der Waals surface area (Å²) < 4.78 is 39.6. The largest absolute Gasteiger partial charge is 0.487 e. The van der Waals surface area contributed by atoms with E-state index in [1.165, 1.54) is 25.5 Å². The minimum Gasteiger partial charge on any atom is -0.487 e. The van der Waals surface area contributed by atoms with Gasteiger partial charge in [0.05, 0.1) is 42.0 Å². The van der Waals surface area contributed by atoms with Crippen LogP contribution in [0.2, 0.25) is 0 Å². The normalized spacial score (nSPS) is 18.2. The maximum atomic E-state index is 13.1. The lowest BCUT2D eigenvalue weighted by molar-refractivity contribution is -0.135. The van der Waals surface area contributed by atoms with Crippen molar-refractivity contribution in [2.24, 2.45) is 7.05 Å². The van der Waals surface area contributed by atoms with Gasteiger partial charge < -0.3 is 14.8 Å². The predicted octanol–water partition coefficient (Wildman–Crippen LogP) is 4.48. The third-order valence-corrected chi connectivity index (χ3v) is 6.47. The van der Waals surface area contributed by atoms with Crippen LogP contribution >= 0.6 is 0 Å². The van der Waals surface area contributed by atoms with Gasteiger partial charge in [-0.2, -0.15) is 10.1 Å². The average molecular weight is 486 g/mol. The van der Waals surface area contributed by atoms with E-state index in [9.17, 15) is 8.78 Å². The van der Waals surface area contributed by atoms with Crippen LogP contribution in [0.5, 0.6) is 11.6 Å². The Hall–Kier alpha value is -3.37. The van der Waals surface area contributed by atoms with Gasteiger partial charge in [0, 0.05) is 32.2 Å². The Balaban J connectivity index is 1.25. The van der Waals surface area contributed by atoms with Crippen molar-refractivity contribution >= 4 is 5.95 Å². The number of alkyl halides is 2. The highest BCUT2D eigenvalue weighted by atomic mass is 19.3. The van der Waals surface area contributed by atoms with Gasteiger partial charge >= 0.3 is 0 Å². The average Bonchev–Trinajstić information content (AvgIpc) is 3.19. The third kappa shape index (κ3) is 5.49. The second-order valence-corrected chi connectivity index (χ2v) is 9.23. The molecule has 186 valence electrons. The van der Waals surface area contributed by atoms with E-state index in [2.05, 4.69) is 30.4 Å². The molecule has 3 heterocycles. The number of aryl methyl sites for hydroxylation is 2. The summed E-state index contributed by atoms with van der Waals surface area (Å²) >= 11 is 0. The minimum absolute atomic E-state index is 0.232. The van der Waals surface area contributed by atoms with Crippen molar-refractivity contribution in [3.05, 3.63) is 36.0 Å². The molecule has 2 saturated carbocycles. The first-order chi connectivity index (χ1) is 16.9. The molecule has 2 aliphatic carbocycles. The van der Waals surface area contributed by atoms with Crippen LogP contribution in [0.3, 0.4) is 0 Å². The highest BCUT2D eigenvalue weighted by Crippen LogP contribution is 2.39. The van der Waals surface area contributed by atoms with Crippen molar-refractivity contribution in [3.63, 3.8) is 0 Å². The maximum Gasteiger partial charge on any atom is 0.255 e. The van der Waals surface area contributed by atoms with Gasteiger partial charge in [-0.25, -0.2) is 23.7 Å². The maximum absolute atomic E-state index is 13.1. The number of hydrogen-bond donors (Lipinski definition) is 1. The molecule has 2 fully saturated rings. The number of nitrogens with one attached hydrogen (secondary N) is 1. The number of anilines is 1. The van der Waals surface area contributed by atoms with E-state index in [-0.39, 0.29) is 24.8 Å². The molecule has 0 spiro atoms. The van der Waals surface area contributed by atoms with Gasteiger partial charge in [-0.05, 0) is 32.6 Å². The van der Waals surface area contributed by atoms with Gasteiger partial charge in [0.1, 0.15) is 6.10 Å². The van der Waals surface area contributed by atoms with Gasteiger partial charge in [-0.15, -0.1) is 0 Å². The Bertz CT molecular complexity index is 1170. The summed E-state index contributed by atoms with van der Waals surface area (Å²) in [4.78, 5) is 17.7. The lowest BCUT2D eigenvalue weighted by Crippen LogP contribution is -2.43. The predicted molar refractivity (Wildman–Crippen MR) is 124 cm³/mol. The van der Waals surface area contributed by atoms with Gasteiger partial charge in [-0.3, -0.25) is 4.68 Å². The van der Waals surface area contributed by atoms with Crippen LogP contribution in [-0.2, 0) is 13.6 Å². The highest BCUT2D eigenvalue weighted by Gasteiger charge is 2.47. The van der Waals surface area contributed by atoms with Crippen LogP contribution in [0.1, 0.15) is 56.3 Å². The number of aromatic nitrogens is 6. The van der Waals surface area contributed by atoms with E-state index in [1.807, 2.05) is 14.0 Å². The molecule has 9 nitrogen and oxygen atoms in total. The summed E-state index contributed by atoms with van der Waals surface area (Å²) in [6, 6.07) is 1.56. The zero-order valence-corrected chi connectivity index (χ0v) is 19.9. The van der Waals surface area contributed by atoms with Crippen LogP contribution in [-0.4, -0.2) is 47.8 Å². The smallest absolute Gasteiger partial charge is 0.255 e. The first kappa shape index (κ1) is 23.4. The standard InChI is InChI=1S/C24H29F2N7O2/c1-15-20(34-16-6-4-3-5-7-16)14-28-22(31-15)18-12-30-33(2)19(18)13-29-23-27-9-8-21(32-23)35-17-10-24(25,26)11-17/h8-9,12,14,16-17H,3-7,10-11,13H2,1-2H3,(H,27,29,32). The van der Waals surface area contributed by atoms with Crippen molar-refractivity contribution in [2.75, 3.05) is 5.32 Å². The molecule has 0 radical (unpaired) electrons. The summed E-state index contributed by atoms with van der Waals surface area (Å²) in [5, 5.41) is 7.52. The molecule has 35 heavy (non-hydrogen) atoms. The Morgan fingerprint density at radius 1 is 1.06 bits per heavy atom. The highest BCUT2D eigenvalue weighted by molar-refractivity contribution is 5.58. The monoisotopic (exact) mass is 485 g/mol. The minimum atomic E-state index is -2.64. The summed E-state index contributed by atoms with van der Waals surface area (Å²) in [5.41, 5.74) is 2.42. The number of nitrogens with zero attached hydrogens (tertiary/aromatic N) is 6. The molecule has 0 saturated heterocycles. The van der Waals surface area contributed by atoms with E-state index >= 15 is 0 Å². The first-order valence-electron chi connectivity index (χ1n) is 12.0. The molecule has 0 amide bonds. The van der Waals surface area contributed by atoms with Crippen molar-refractivity contribution in [1.82, 2.24) is 29.7 Å². The molecule has 0 aromatic carbocycles. The number of hydrogen-bond acceptors (Lipinski definition) is 8. The van der Waals surface area contributed by atoms with Crippen LogP contribution in [0.4, 0.5) is 14.7 Å². The summed E-state index contributed by atoms with van der Waals surface area (Å²) in [6.07, 6.45) is 9.93. The number of halogens is 2. The Kier molecular flexibility index (Phi) is 6.48. The van der Waals surface area contributed by atoms with Crippen molar-refractivity contribution in [1.29, 1.82) is 0 Å². The fourth-order valence-corrected chi connectivity index (χ4v) is 4.44. The molecule has 0 atom stereocenters. The fourth-order valence-electron chi connectivity index (χ4n) is 4.44. The van der Waals surface area contributed by atoms with Gasteiger partial charge in [0.25, 0.3) is 5.92 Å². The second-order valence-electron chi connectivity index (χ2n) is 9.23. The molecule has 0 aliphatic heterocycles. The molecule has 11 heteroatoms. The fraction of sp³-hybridized carbons (Fsp3) is 0.542. The number of ether oxygens (including phenoxy) is 2. The molecular formula is C24H29F2N7O2. The van der Waals surface area contributed by atoms with Crippen molar-refractivity contribution in [3.8, 4) is 23.0 Å². The molecule has 1 N–H and O–H groups in total. The van der Waals surface area contributed by atoms with Crippen molar-refractivity contribution in [2.45, 2.75) is 76.5 Å². The van der Waals surface area contributed by atoms with Crippen LogP contribution in [0.15, 0.2) is 24.7 Å². The molecule has 3 aromatic heterocycles. The topological polar surface area (TPSA) is 99.9 Å². The molecule has 0 bridgehead atoms. The van der Waals surface area contributed by atoms with E-state index in [1.54, 1.807) is 23.1 Å². The molecule has 3 aromatic rings. The second kappa shape index (κ2) is 9.71. The van der Waals surface area contributed by atoms with Crippen LogP contribution in [0.25, 0.3) is 11.4 Å². The molecule has 0 unspecified atom stereocenters. The van der Waals surface area contributed by atoms with Crippen LogP contribution < -0.4 is 14.8 Å². The van der Waals surface area contributed by atoms with E-state index < -0.39 is 12.0 Å². The Labute approximate surface area is 202 Å². The first-order valence-corrected chi connectivity index (χ1v) is 12.0. The van der Waals surface area contributed by atoms with Gasteiger partial charge in [-0.1, -0.05) is 6.42 Å². The summed E-state index contributed by atoms with van der Waals surface area (Å²) in [5.74, 6) is -0.768. The van der Waals surface area contributed by atoms with Crippen molar-refractivity contribution < 1.29 is 18.3 Å². The number of rotatable bonds is 8. The van der Waals surface area contributed by atoms with E-state index in [0.717, 1.165) is 35.5 Å². The summed E-state index contributed by atoms with van der Waals surface area (Å²) in [7, 11) is 1.84. The third-order valence-electron chi connectivity index (χ3n) is 6.47. The Morgan fingerprint density at radius 2 is 1.86 bits per heavy atom. The summed E-state index contributed by atoms with van der Waals surface area (Å²) in [6.45, 7) is 2.29. The quantitative estimate of drug-likeness (QED) is 0.499. The van der Waals surface area contributed by atoms with Crippen LogP contribution in [0, 0.1) is 6.92 Å². The zero-order valence-electron chi connectivity index (χ0n) is 19.9. The van der Waals surface area contributed by atoms with E-state index in [0.29, 0.717) is 18.3 Å². The van der Waals surface area contributed by atoms with E-state index in [4.69, 9.17) is 9.47 Å². The molecular weight excluding hydrogens is 456 g/mol. The lowest BCUT2D eigenvalue weighted by atomic mass is 9.91. The molecule has 5 rings (SSSR count). The SMILES string of the molecule is Cc1nc(-c2cnn(C)c2CNc2nccc(OC3CC(F)(F)C3)n2)ncc1OC1CCCCC1.